The standard InChI is InChI=1S/C15H24N4O3S.HI/c1-11(2)22-14-6-4-13(5-7-14)18-15(16)17-8-12-9-19(10-12)23(3,20)21;/h4-7,11-12H,8-10H2,1-3H3,(H3,16,17,18);1H. The number of sulfonamides is 1. The fourth-order valence-electron chi connectivity index (χ4n) is 2.21. The molecule has 0 atom stereocenters. The second-order valence-electron chi connectivity index (χ2n) is 5.99. The second-order valence-corrected chi connectivity index (χ2v) is 7.97. The van der Waals surface area contributed by atoms with E-state index in [9.17, 15) is 8.42 Å². The minimum Gasteiger partial charge on any atom is -0.491 e. The number of ether oxygens (including phenoxy) is 1. The first-order valence-corrected chi connectivity index (χ1v) is 9.37. The molecule has 0 bridgehead atoms. The maximum Gasteiger partial charge on any atom is 0.211 e. The summed E-state index contributed by atoms with van der Waals surface area (Å²) in [6.07, 6.45) is 1.35. The highest BCUT2D eigenvalue weighted by Gasteiger charge is 2.32. The van der Waals surface area contributed by atoms with Crippen molar-refractivity contribution < 1.29 is 13.2 Å². The average Bonchev–Trinajstić information content (AvgIpc) is 2.37. The fraction of sp³-hybridized carbons (Fsp3) is 0.533. The molecule has 1 aromatic carbocycles. The number of benzene rings is 1. The van der Waals surface area contributed by atoms with Gasteiger partial charge in [-0.1, -0.05) is 0 Å². The van der Waals surface area contributed by atoms with Crippen LogP contribution in [-0.4, -0.2) is 50.7 Å². The zero-order valence-corrected chi connectivity index (χ0v) is 17.2. The summed E-state index contributed by atoms with van der Waals surface area (Å²) in [5.74, 6) is 1.35. The highest BCUT2D eigenvalue weighted by molar-refractivity contribution is 14.0. The summed E-state index contributed by atoms with van der Waals surface area (Å²) in [7, 11) is -3.07. The molecule has 1 aliphatic rings. The van der Waals surface area contributed by atoms with Crippen molar-refractivity contribution >= 4 is 45.6 Å². The lowest BCUT2D eigenvalue weighted by Crippen LogP contribution is -2.50. The number of anilines is 1. The number of halogens is 1. The van der Waals surface area contributed by atoms with Gasteiger partial charge in [0.2, 0.25) is 10.0 Å². The van der Waals surface area contributed by atoms with Gasteiger partial charge in [-0.05, 0) is 38.1 Å². The SMILES string of the molecule is CC(C)Oc1ccc(NC(N)=NCC2CN(S(C)(=O)=O)C2)cc1.I. The van der Waals surface area contributed by atoms with E-state index in [1.54, 1.807) is 0 Å². The van der Waals surface area contributed by atoms with Crippen LogP contribution in [0.3, 0.4) is 0 Å². The Bertz CT molecular complexity index is 656. The van der Waals surface area contributed by atoms with Gasteiger partial charge in [0.25, 0.3) is 0 Å². The predicted molar refractivity (Wildman–Crippen MR) is 108 cm³/mol. The van der Waals surface area contributed by atoms with Gasteiger partial charge < -0.3 is 15.8 Å². The third-order valence-corrected chi connectivity index (χ3v) is 4.65. The third-order valence-electron chi connectivity index (χ3n) is 3.41. The Morgan fingerprint density at radius 1 is 1.38 bits per heavy atom. The van der Waals surface area contributed by atoms with Crippen molar-refractivity contribution in [2.24, 2.45) is 16.6 Å². The minimum atomic E-state index is -3.07. The number of nitrogens with one attached hydrogen (secondary N) is 1. The Kier molecular flexibility index (Phi) is 7.74. The quantitative estimate of drug-likeness (QED) is 0.377. The zero-order valence-electron chi connectivity index (χ0n) is 14.1. The normalized spacial score (nSPS) is 16.4. The van der Waals surface area contributed by atoms with Crippen molar-refractivity contribution in [3.05, 3.63) is 24.3 Å². The van der Waals surface area contributed by atoms with Crippen LogP contribution < -0.4 is 15.8 Å². The molecule has 1 aliphatic heterocycles. The van der Waals surface area contributed by atoms with E-state index in [-0.39, 0.29) is 36.0 Å². The van der Waals surface area contributed by atoms with Gasteiger partial charge in [-0.3, -0.25) is 4.99 Å². The van der Waals surface area contributed by atoms with Crippen LogP contribution in [0.1, 0.15) is 13.8 Å². The Morgan fingerprint density at radius 2 is 1.96 bits per heavy atom. The molecular formula is C15H25IN4O3S. The van der Waals surface area contributed by atoms with Crippen molar-refractivity contribution in [1.82, 2.24) is 4.31 Å². The maximum atomic E-state index is 11.3. The number of nitrogens with zero attached hydrogens (tertiary/aromatic N) is 2. The molecule has 3 N–H and O–H groups in total. The van der Waals surface area contributed by atoms with Crippen molar-refractivity contribution in [3.63, 3.8) is 0 Å². The minimum absolute atomic E-state index is 0. The Morgan fingerprint density at radius 3 is 2.46 bits per heavy atom. The molecular weight excluding hydrogens is 443 g/mol. The van der Waals surface area contributed by atoms with Crippen molar-refractivity contribution in [1.29, 1.82) is 0 Å². The van der Waals surface area contributed by atoms with E-state index in [1.807, 2.05) is 38.1 Å². The monoisotopic (exact) mass is 468 g/mol. The first kappa shape index (κ1) is 21.0. The van der Waals surface area contributed by atoms with E-state index in [0.29, 0.717) is 25.6 Å². The lowest BCUT2D eigenvalue weighted by molar-refractivity contribution is 0.209. The molecule has 1 aromatic rings. The number of hydrogen-bond acceptors (Lipinski definition) is 4. The first-order valence-electron chi connectivity index (χ1n) is 7.53. The van der Waals surface area contributed by atoms with E-state index in [0.717, 1.165) is 11.4 Å². The molecule has 0 unspecified atom stereocenters. The lowest BCUT2D eigenvalue weighted by Gasteiger charge is -2.36. The first-order chi connectivity index (χ1) is 10.7. The molecule has 9 heteroatoms. The average molecular weight is 468 g/mol. The molecule has 2 rings (SSSR count). The second kappa shape index (κ2) is 8.86. The number of hydrogen-bond donors (Lipinski definition) is 2. The van der Waals surface area contributed by atoms with Crippen LogP contribution in [0.4, 0.5) is 5.69 Å². The largest absolute Gasteiger partial charge is 0.491 e. The van der Waals surface area contributed by atoms with Gasteiger partial charge in [-0.15, -0.1) is 24.0 Å². The van der Waals surface area contributed by atoms with E-state index < -0.39 is 10.0 Å². The molecule has 1 heterocycles. The lowest BCUT2D eigenvalue weighted by atomic mass is 10.0. The van der Waals surface area contributed by atoms with Crippen LogP contribution in [0.2, 0.25) is 0 Å². The van der Waals surface area contributed by atoms with Crippen LogP contribution in [0.5, 0.6) is 5.75 Å². The Balaban J connectivity index is 0.00000288. The zero-order chi connectivity index (χ0) is 17.0. The van der Waals surface area contributed by atoms with Crippen molar-refractivity contribution in [2.45, 2.75) is 20.0 Å². The van der Waals surface area contributed by atoms with E-state index >= 15 is 0 Å². The molecule has 0 spiro atoms. The summed E-state index contributed by atoms with van der Waals surface area (Å²) in [4.78, 5) is 4.26. The predicted octanol–water partition coefficient (Wildman–Crippen LogP) is 1.71. The highest BCUT2D eigenvalue weighted by atomic mass is 127. The van der Waals surface area contributed by atoms with Crippen molar-refractivity contribution in [2.75, 3.05) is 31.2 Å². The number of aliphatic imine (C=N–C) groups is 1. The topological polar surface area (TPSA) is 97.0 Å². The summed E-state index contributed by atoms with van der Waals surface area (Å²) in [6.45, 7) is 5.48. The molecule has 0 amide bonds. The van der Waals surface area contributed by atoms with E-state index in [2.05, 4.69) is 10.3 Å². The van der Waals surface area contributed by atoms with Gasteiger partial charge in [0.15, 0.2) is 5.96 Å². The summed E-state index contributed by atoms with van der Waals surface area (Å²) in [5, 5.41) is 3.01. The Labute approximate surface area is 160 Å². The molecule has 0 radical (unpaired) electrons. The molecule has 0 aromatic heterocycles. The molecule has 0 saturated carbocycles. The van der Waals surface area contributed by atoms with Gasteiger partial charge in [-0.25, -0.2) is 12.7 Å². The molecule has 24 heavy (non-hydrogen) atoms. The number of guanidine groups is 1. The summed E-state index contributed by atoms with van der Waals surface area (Å²) < 4.78 is 29.6. The van der Waals surface area contributed by atoms with Crippen LogP contribution >= 0.6 is 24.0 Å². The van der Waals surface area contributed by atoms with Gasteiger partial charge in [0.1, 0.15) is 5.75 Å². The number of rotatable bonds is 6. The smallest absolute Gasteiger partial charge is 0.211 e. The maximum absolute atomic E-state index is 11.3. The van der Waals surface area contributed by atoms with Gasteiger partial charge in [0.05, 0.1) is 12.4 Å². The highest BCUT2D eigenvalue weighted by Crippen LogP contribution is 2.19. The van der Waals surface area contributed by atoms with Crippen LogP contribution in [0.15, 0.2) is 29.3 Å². The van der Waals surface area contributed by atoms with Gasteiger partial charge >= 0.3 is 0 Å². The Hall–Kier alpha value is -1.07. The fourth-order valence-corrected chi connectivity index (χ4v) is 3.18. The summed E-state index contributed by atoms with van der Waals surface area (Å²) >= 11 is 0. The molecule has 0 aliphatic carbocycles. The number of nitrogens with two attached hydrogens (primary N) is 1. The van der Waals surface area contributed by atoms with Gasteiger partial charge in [-0.2, -0.15) is 0 Å². The van der Waals surface area contributed by atoms with Gasteiger partial charge in [0, 0.05) is 31.2 Å². The summed E-state index contributed by atoms with van der Waals surface area (Å²) in [6, 6.07) is 7.47. The van der Waals surface area contributed by atoms with Crippen LogP contribution in [-0.2, 0) is 10.0 Å². The molecule has 1 fully saturated rings. The molecule has 1 saturated heterocycles. The van der Waals surface area contributed by atoms with E-state index in [4.69, 9.17) is 10.5 Å². The van der Waals surface area contributed by atoms with Crippen LogP contribution in [0, 0.1) is 5.92 Å². The van der Waals surface area contributed by atoms with Crippen molar-refractivity contribution in [3.8, 4) is 5.75 Å². The molecule has 7 nitrogen and oxygen atoms in total. The van der Waals surface area contributed by atoms with Crippen LogP contribution in [0.25, 0.3) is 0 Å². The molecule has 136 valence electrons. The van der Waals surface area contributed by atoms with E-state index in [1.165, 1.54) is 10.6 Å². The summed E-state index contributed by atoms with van der Waals surface area (Å²) in [5.41, 5.74) is 6.68. The third kappa shape index (κ3) is 6.44.